The molecule has 0 radical (unpaired) electrons. The van der Waals surface area contributed by atoms with Gasteiger partial charge in [-0.15, -0.1) is 0 Å². The van der Waals surface area contributed by atoms with Crippen molar-refractivity contribution in [3.05, 3.63) is 35.8 Å². The number of ether oxygens (including phenoxy) is 2. The highest BCUT2D eigenvalue weighted by atomic mass is 16.5. The third kappa shape index (κ3) is 3.73. The van der Waals surface area contributed by atoms with Crippen LogP contribution in [0.15, 0.2) is 24.7 Å². The highest BCUT2D eigenvalue weighted by molar-refractivity contribution is 5.70. The molecule has 8 heteroatoms. The van der Waals surface area contributed by atoms with Crippen molar-refractivity contribution in [2.24, 2.45) is 0 Å². The van der Waals surface area contributed by atoms with E-state index in [0.29, 0.717) is 18.2 Å². The van der Waals surface area contributed by atoms with Crippen LogP contribution in [0.3, 0.4) is 0 Å². The molecule has 1 aliphatic carbocycles. The predicted octanol–water partition coefficient (Wildman–Crippen LogP) is 3.15. The van der Waals surface area contributed by atoms with Gasteiger partial charge in [0, 0.05) is 31.2 Å². The number of fused-ring (bicyclic) bond motifs is 2. The summed E-state index contributed by atoms with van der Waals surface area (Å²) in [7, 11) is 0. The lowest BCUT2D eigenvalue weighted by atomic mass is 9.66. The minimum Gasteiger partial charge on any atom is -0.471 e. The number of pyridine rings is 1. The van der Waals surface area contributed by atoms with Crippen molar-refractivity contribution in [1.29, 1.82) is 5.26 Å². The third-order valence-corrected chi connectivity index (χ3v) is 6.38. The van der Waals surface area contributed by atoms with Gasteiger partial charge in [-0.25, -0.2) is 15.0 Å². The zero-order valence-electron chi connectivity index (χ0n) is 18.3. The number of anilines is 2. The second-order valence-corrected chi connectivity index (χ2v) is 9.77. The zero-order valence-corrected chi connectivity index (χ0v) is 18.3. The number of hydrogen-bond donors (Lipinski definition) is 0. The summed E-state index contributed by atoms with van der Waals surface area (Å²) in [5.74, 6) is 2.31. The zero-order chi connectivity index (χ0) is 21.6. The molecule has 0 N–H and O–H groups in total. The predicted molar refractivity (Wildman–Crippen MR) is 115 cm³/mol. The number of hydrogen-bond acceptors (Lipinski definition) is 8. The monoisotopic (exact) mass is 420 g/mol. The number of nitrogens with zero attached hydrogens (tertiary/aromatic N) is 6. The van der Waals surface area contributed by atoms with Crippen LogP contribution in [0.4, 0.5) is 11.6 Å². The normalized spacial score (nSPS) is 20.1. The fourth-order valence-corrected chi connectivity index (χ4v) is 4.56. The molecule has 1 saturated heterocycles. The van der Waals surface area contributed by atoms with Crippen LogP contribution in [0.2, 0.25) is 0 Å². The Balaban J connectivity index is 1.36. The first-order chi connectivity index (χ1) is 14.9. The molecule has 0 bridgehead atoms. The smallest absolute Gasteiger partial charge is 0.222 e. The van der Waals surface area contributed by atoms with Crippen molar-refractivity contribution in [2.45, 2.75) is 57.2 Å². The van der Waals surface area contributed by atoms with Crippen LogP contribution in [0.5, 0.6) is 5.88 Å². The lowest BCUT2D eigenvalue weighted by Gasteiger charge is -2.41. The summed E-state index contributed by atoms with van der Waals surface area (Å²) in [4.78, 5) is 18.0. The molecular weight excluding hydrogens is 392 g/mol. The quantitative estimate of drug-likeness (QED) is 0.729. The van der Waals surface area contributed by atoms with Crippen molar-refractivity contribution < 1.29 is 9.47 Å². The van der Waals surface area contributed by atoms with E-state index in [9.17, 15) is 5.26 Å². The SMILES string of the molecule is CC(C)(C)OCN1CC(Oc2ncnc3c2C2(CCC2)CN3c2cc(C#N)ccn2)C1. The van der Waals surface area contributed by atoms with Gasteiger partial charge >= 0.3 is 0 Å². The van der Waals surface area contributed by atoms with E-state index in [2.05, 4.69) is 51.6 Å². The van der Waals surface area contributed by atoms with Crippen molar-refractivity contribution in [2.75, 3.05) is 31.3 Å². The van der Waals surface area contributed by atoms with Gasteiger partial charge in [-0.3, -0.25) is 4.90 Å². The molecule has 2 aromatic heterocycles. The molecule has 0 unspecified atom stereocenters. The molecular formula is C23H28N6O2. The summed E-state index contributed by atoms with van der Waals surface area (Å²) in [5, 5.41) is 9.29. The first-order valence-corrected chi connectivity index (χ1v) is 10.9. The summed E-state index contributed by atoms with van der Waals surface area (Å²) in [6.45, 7) is 9.27. The largest absolute Gasteiger partial charge is 0.471 e. The van der Waals surface area contributed by atoms with E-state index in [4.69, 9.17) is 9.47 Å². The Morgan fingerprint density at radius 1 is 1.23 bits per heavy atom. The fourth-order valence-electron chi connectivity index (χ4n) is 4.56. The van der Waals surface area contributed by atoms with Gasteiger partial charge in [-0.1, -0.05) is 6.42 Å². The Morgan fingerprint density at radius 3 is 2.71 bits per heavy atom. The van der Waals surface area contributed by atoms with Gasteiger partial charge in [0.2, 0.25) is 5.88 Å². The van der Waals surface area contributed by atoms with Gasteiger partial charge in [0.15, 0.2) is 0 Å². The van der Waals surface area contributed by atoms with Crippen molar-refractivity contribution in [1.82, 2.24) is 19.9 Å². The molecule has 2 fully saturated rings. The Hall–Kier alpha value is -2.76. The van der Waals surface area contributed by atoms with Gasteiger partial charge < -0.3 is 14.4 Å². The van der Waals surface area contributed by atoms with E-state index in [1.54, 1.807) is 18.6 Å². The van der Waals surface area contributed by atoms with E-state index in [0.717, 1.165) is 49.7 Å². The molecule has 31 heavy (non-hydrogen) atoms. The van der Waals surface area contributed by atoms with Crippen LogP contribution in [-0.2, 0) is 10.2 Å². The first-order valence-electron chi connectivity index (χ1n) is 10.9. The number of rotatable bonds is 5. The summed E-state index contributed by atoms with van der Waals surface area (Å²) in [5.41, 5.74) is 1.57. The standard InChI is InChI=1S/C23H28N6O2/c1-22(2,3)30-15-28-11-17(12-28)31-21-19-20(26-14-27-21)29(13-23(19)6-4-7-23)18-9-16(10-24)5-8-25-18/h5,8-9,14,17H,4,6-7,11-13,15H2,1-3H3. The molecule has 0 aromatic carbocycles. The van der Waals surface area contributed by atoms with Gasteiger partial charge in [-0.2, -0.15) is 5.26 Å². The maximum absolute atomic E-state index is 9.29. The molecule has 0 atom stereocenters. The number of likely N-dealkylation sites (tertiary alicyclic amines) is 1. The molecule has 2 aliphatic heterocycles. The highest BCUT2D eigenvalue weighted by Gasteiger charge is 2.51. The average Bonchev–Trinajstić information content (AvgIpc) is 3.06. The topological polar surface area (TPSA) is 87.4 Å². The lowest BCUT2D eigenvalue weighted by molar-refractivity contribution is -0.110. The number of nitriles is 1. The second-order valence-electron chi connectivity index (χ2n) is 9.77. The Kier molecular flexibility index (Phi) is 4.83. The van der Waals surface area contributed by atoms with Gasteiger partial charge in [0.25, 0.3) is 0 Å². The minimum atomic E-state index is -0.142. The van der Waals surface area contributed by atoms with E-state index in [1.807, 2.05) is 6.07 Å². The van der Waals surface area contributed by atoms with Gasteiger partial charge in [0.1, 0.15) is 24.1 Å². The average molecular weight is 421 g/mol. The molecule has 162 valence electrons. The van der Waals surface area contributed by atoms with E-state index < -0.39 is 0 Å². The molecule has 1 spiro atoms. The van der Waals surface area contributed by atoms with Crippen LogP contribution in [0.1, 0.15) is 51.2 Å². The maximum Gasteiger partial charge on any atom is 0.222 e. The molecule has 1 saturated carbocycles. The molecule has 4 heterocycles. The molecule has 5 rings (SSSR count). The summed E-state index contributed by atoms with van der Waals surface area (Å²) in [6.07, 6.45) is 6.73. The van der Waals surface area contributed by atoms with Gasteiger partial charge in [-0.05, 0) is 45.7 Å². The van der Waals surface area contributed by atoms with Crippen LogP contribution in [0.25, 0.3) is 0 Å². The van der Waals surface area contributed by atoms with Crippen LogP contribution in [0, 0.1) is 11.3 Å². The fraction of sp³-hybridized carbons (Fsp3) is 0.565. The third-order valence-electron chi connectivity index (χ3n) is 6.38. The van der Waals surface area contributed by atoms with Crippen LogP contribution < -0.4 is 9.64 Å². The van der Waals surface area contributed by atoms with E-state index in [1.165, 1.54) is 6.42 Å². The van der Waals surface area contributed by atoms with Crippen molar-refractivity contribution >= 4 is 11.6 Å². The highest BCUT2D eigenvalue weighted by Crippen LogP contribution is 2.56. The Morgan fingerprint density at radius 2 is 2.03 bits per heavy atom. The van der Waals surface area contributed by atoms with Crippen LogP contribution >= 0.6 is 0 Å². The number of aromatic nitrogens is 3. The van der Waals surface area contributed by atoms with Crippen molar-refractivity contribution in [3.63, 3.8) is 0 Å². The minimum absolute atomic E-state index is 0.00896. The molecule has 2 aromatic rings. The lowest BCUT2D eigenvalue weighted by Crippen LogP contribution is -2.55. The van der Waals surface area contributed by atoms with Gasteiger partial charge in [0.05, 0.1) is 29.5 Å². The Labute approximate surface area is 182 Å². The van der Waals surface area contributed by atoms with Crippen LogP contribution in [-0.4, -0.2) is 57.9 Å². The Bertz CT molecular complexity index is 1020. The molecule has 8 nitrogen and oxygen atoms in total. The summed E-state index contributed by atoms with van der Waals surface area (Å²) >= 11 is 0. The summed E-state index contributed by atoms with van der Waals surface area (Å²) < 4.78 is 12.2. The first kappa shape index (κ1) is 20.2. The molecule has 3 aliphatic rings. The van der Waals surface area contributed by atoms with E-state index in [-0.39, 0.29) is 17.1 Å². The molecule has 0 amide bonds. The second kappa shape index (κ2) is 7.43. The van der Waals surface area contributed by atoms with E-state index >= 15 is 0 Å². The van der Waals surface area contributed by atoms with Crippen molar-refractivity contribution in [3.8, 4) is 11.9 Å². The maximum atomic E-state index is 9.29. The summed E-state index contributed by atoms with van der Waals surface area (Å²) in [6, 6.07) is 5.75.